The van der Waals surface area contributed by atoms with Crippen molar-refractivity contribution in [1.29, 1.82) is 0 Å². The van der Waals surface area contributed by atoms with Crippen LogP contribution >= 0.6 is 0 Å². The second-order valence-corrected chi connectivity index (χ2v) is 3.24. The lowest BCUT2D eigenvalue weighted by Gasteiger charge is -2.25. The van der Waals surface area contributed by atoms with Crippen LogP contribution < -0.4 is 5.46 Å². The minimum absolute atomic E-state index is 0.173. The molecule has 1 aliphatic rings. The highest BCUT2D eigenvalue weighted by molar-refractivity contribution is 6.33. The summed E-state index contributed by atoms with van der Waals surface area (Å²) in [5.41, 5.74) is 1.28. The summed E-state index contributed by atoms with van der Waals surface area (Å²) in [7, 11) is 5.75. The standard InChI is InChI=1S/C10H11BO3/c11-9-3-2-7(12)6-8(9)10-13-4-1-5-14-10/h2-3,6,10,12H,1,4-5H2. The maximum Gasteiger partial charge on any atom is 0.183 e. The number of phenols is 1. The molecule has 2 radical (unpaired) electrons. The highest BCUT2D eigenvalue weighted by atomic mass is 16.7. The van der Waals surface area contributed by atoms with Gasteiger partial charge in [-0.25, -0.2) is 0 Å². The van der Waals surface area contributed by atoms with Gasteiger partial charge >= 0.3 is 0 Å². The molecule has 0 aliphatic carbocycles. The molecule has 1 aliphatic heterocycles. The topological polar surface area (TPSA) is 38.7 Å². The van der Waals surface area contributed by atoms with Crippen molar-refractivity contribution in [3.63, 3.8) is 0 Å². The van der Waals surface area contributed by atoms with Gasteiger partial charge in [-0.3, -0.25) is 0 Å². The predicted molar refractivity (Wildman–Crippen MR) is 52.8 cm³/mol. The maximum absolute atomic E-state index is 9.30. The van der Waals surface area contributed by atoms with E-state index in [9.17, 15) is 5.11 Å². The van der Waals surface area contributed by atoms with Gasteiger partial charge in [0, 0.05) is 5.56 Å². The van der Waals surface area contributed by atoms with E-state index in [-0.39, 0.29) is 5.75 Å². The second kappa shape index (κ2) is 4.03. The monoisotopic (exact) mass is 190 g/mol. The number of ether oxygens (including phenoxy) is 2. The summed E-state index contributed by atoms with van der Waals surface area (Å²) >= 11 is 0. The Morgan fingerprint density at radius 2 is 2.00 bits per heavy atom. The Hall–Kier alpha value is -0.995. The Bertz CT molecular complexity index is 321. The smallest absolute Gasteiger partial charge is 0.183 e. The minimum Gasteiger partial charge on any atom is -0.508 e. The molecule has 0 spiro atoms. The van der Waals surface area contributed by atoms with Crippen molar-refractivity contribution >= 4 is 13.3 Å². The highest BCUT2D eigenvalue weighted by Crippen LogP contribution is 2.23. The number of aromatic hydroxyl groups is 1. The van der Waals surface area contributed by atoms with E-state index in [2.05, 4.69) is 0 Å². The largest absolute Gasteiger partial charge is 0.508 e. The molecule has 1 heterocycles. The molecule has 0 atom stereocenters. The van der Waals surface area contributed by atoms with E-state index in [0.29, 0.717) is 24.2 Å². The molecule has 4 heteroatoms. The van der Waals surface area contributed by atoms with Crippen LogP contribution in [0.4, 0.5) is 0 Å². The Kier molecular flexibility index (Phi) is 2.75. The molecule has 0 bridgehead atoms. The lowest BCUT2D eigenvalue weighted by Crippen LogP contribution is -2.23. The molecule has 1 saturated heterocycles. The van der Waals surface area contributed by atoms with E-state index < -0.39 is 6.29 Å². The first-order valence-electron chi connectivity index (χ1n) is 4.59. The Labute approximate surface area is 84.1 Å². The van der Waals surface area contributed by atoms with E-state index in [4.69, 9.17) is 17.3 Å². The number of benzene rings is 1. The van der Waals surface area contributed by atoms with Crippen LogP contribution in [0, 0.1) is 0 Å². The molecule has 0 saturated carbocycles. The minimum atomic E-state index is -0.434. The first-order chi connectivity index (χ1) is 6.77. The normalized spacial score (nSPS) is 18.3. The summed E-state index contributed by atoms with van der Waals surface area (Å²) in [4.78, 5) is 0. The van der Waals surface area contributed by atoms with Gasteiger partial charge in [0.25, 0.3) is 0 Å². The summed E-state index contributed by atoms with van der Waals surface area (Å²) in [6, 6.07) is 4.76. The lowest BCUT2D eigenvalue weighted by molar-refractivity contribution is -0.182. The molecule has 0 amide bonds. The van der Waals surface area contributed by atoms with Crippen LogP contribution in [0.1, 0.15) is 18.3 Å². The van der Waals surface area contributed by atoms with Crippen molar-refractivity contribution in [1.82, 2.24) is 0 Å². The van der Waals surface area contributed by atoms with Gasteiger partial charge in [-0.05, 0) is 18.6 Å². The second-order valence-electron chi connectivity index (χ2n) is 3.24. The fourth-order valence-corrected chi connectivity index (χ4v) is 1.43. The van der Waals surface area contributed by atoms with Crippen molar-refractivity contribution in [2.75, 3.05) is 13.2 Å². The quantitative estimate of drug-likeness (QED) is 0.659. The van der Waals surface area contributed by atoms with Gasteiger partial charge in [0.2, 0.25) is 0 Å². The maximum atomic E-state index is 9.30. The fraction of sp³-hybridized carbons (Fsp3) is 0.400. The van der Waals surface area contributed by atoms with Gasteiger partial charge in [-0.15, -0.1) is 0 Å². The summed E-state index contributed by atoms with van der Waals surface area (Å²) in [6.07, 6.45) is 0.464. The van der Waals surface area contributed by atoms with E-state index in [1.807, 2.05) is 0 Å². The molecule has 1 N–H and O–H groups in total. The molecule has 0 aromatic heterocycles. The molecular formula is C10H11BO3. The Balaban J connectivity index is 2.24. The average molecular weight is 190 g/mol. The zero-order valence-corrected chi connectivity index (χ0v) is 7.77. The number of hydrogen-bond donors (Lipinski definition) is 1. The summed E-state index contributed by atoms with van der Waals surface area (Å²) in [5.74, 6) is 0.173. The van der Waals surface area contributed by atoms with Crippen LogP contribution in [0.5, 0.6) is 5.75 Å². The van der Waals surface area contributed by atoms with Crippen molar-refractivity contribution in [3.8, 4) is 5.75 Å². The fourth-order valence-electron chi connectivity index (χ4n) is 1.43. The van der Waals surface area contributed by atoms with E-state index >= 15 is 0 Å². The number of phenolic OH excluding ortho intramolecular Hbond substituents is 1. The van der Waals surface area contributed by atoms with Crippen LogP contribution in [0.2, 0.25) is 0 Å². The highest BCUT2D eigenvalue weighted by Gasteiger charge is 2.18. The van der Waals surface area contributed by atoms with Gasteiger partial charge in [-0.2, -0.15) is 0 Å². The Morgan fingerprint density at radius 1 is 1.29 bits per heavy atom. The first kappa shape index (κ1) is 9.56. The molecule has 1 fully saturated rings. The van der Waals surface area contributed by atoms with Gasteiger partial charge in [0.1, 0.15) is 13.6 Å². The third-order valence-corrected chi connectivity index (χ3v) is 2.15. The van der Waals surface area contributed by atoms with Crippen LogP contribution in [-0.2, 0) is 9.47 Å². The van der Waals surface area contributed by atoms with Gasteiger partial charge < -0.3 is 14.6 Å². The van der Waals surface area contributed by atoms with Crippen molar-refractivity contribution < 1.29 is 14.6 Å². The van der Waals surface area contributed by atoms with Gasteiger partial charge in [-0.1, -0.05) is 11.5 Å². The van der Waals surface area contributed by atoms with Gasteiger partial charge in [0.05, 0.1) is 13.2 Å². The lowest BCUT2D eigenvalue weighted by atomic mass is 9.90. The van der Waals surface area contributed by atoms with E-state index in [1.54, 1.807) is 18.2 Å². The molecule has 1 aromatic carbocycles. The Morgan fingerprint density at radius 3 is 2.71 bits per heavy atom. The van der Waals surface area contributed by atoms with E-state index in [0.717, 1.165) is 6.42 Å². The van der Waals surface area contributed by atoms with Gasteiger partial charge in [0.15, 0.2) is 6.29 Å². The molecule has 0 unspecified atom stereocenters. The van der Waals surface area contributed by atoms with Crippen molar-refractivity contribution in [3.05, 3.63) is 23.8 Å². The summed E-state index contributed by atoms with van der Waals surface area (Å²) < 4.78 is 10.8. The van der Waals surface area contributed by atoms with Crippen LogP contribution in [0.3, 0.4) is 0 Å². The number of hydrogen-bond acceptors (Lipinski definition) is 3. The van der Waals surface area contributed by atoms with Crippen LogP contribution in [0.25, 0.3) is 0 Å². The molecule has 72 valence electrons. The first-order valence-corrected chi connectivity index (χ1v) is 4.59. The average Bonchev–Trinajstić information content (AvgIpc) is 2.23. The van der Waals surface area contributed by atoms with Crippen molar-refractivity contribution in [2.24, 2.45) is 0 Å². The summed E-state index contributed by atoms with van der Waals surface area (Å²) in [6.45, 7) is 1.33. The zero-order valence-electron chi connectivity index (χ0n) is 7.77. The third-order valence-electron chi connectivity index (χ3n) is 2.15. The zero-order chi connectivity index (χ0) is 9.97. The summed E-state index contributed by atoms with van der Waals surface area (Å²) in [5, 5.41) is 9.30. The molecule has 3 nitrogen and oxygen atoms in total. The molecule has 14 heavy (non-hydrogen) atoms. The molecule has 1 aromatic rings. The van der Waals surface area contributed by atoms with Crippen LogP contribution in [-0.4, -0.2) is 26.2 Å². The van der Waals surface area contributed by atoms with E-state index in [1.165, 1.54) is 0 Å². The predicted octanol–water partition coefficient (Wildman–Crippen LogP) is 0.621. The number of rotatable bonds is 1. The van der Waals surface area contributed by atoms with Crippen LogP contribution in [0.15, 0.2) is 18.2 Å². The third kappa shape index (κ3) is 1.91. The molecular weight excluding hydrogens is 179 g/mol. The molecule has 2 rings (SSSR count). The SMILES string of the molecule is [B]c1ccc(O)cc1C1OCCCO1. The van der Waals surface area contributed by atoms with Crippen molar-refractivity contribution in [2.45, 2.75) is 12.7 Å².